The van der Waals surface area contributed by atoms with Crippen molar-refractivity contribution in [3.05, 3.63) is 0 Å². The van der Waals surface area contributed by atoms with Crippen LogP contribution in [0, 0.1) is 0 Å². The number of hydrogen-bond donors (Lipinski definition) is 3. The summed E-state index contributed by atoms with van der Waals surface area (Å²) in [5.74, 6) is -1.02. The molecule has 1 atom stereocenters. The average Bonchev–Trinajstić information content (AvgIpc) is 2.32. The number of amides is 2. The van der Waals surface area contributed by atoms with Crippen LogP contribution in [0.15, 0.2) is 0 Å². The molecule has 1 aliphatic rings. The number of nitrogens with one attached hydrogen (secondary N) is 1. The minimum absolute atomic E-state index is 0.165. The van der Waals surface area contributed by atoms with E-state index >= 15 is 0 Å². The highest BCUT2D eigenvalue weighted by molar-refractivity contribution is 5.74. The fourth-order valence-electron chi connectivity index (χ4n) is 1.54. The molecule has 3 N–H and O–H groups in total. The van der Waals surface area contributed by atoms with Gasteiger partial charge >= 0.3 is 12.0 Å². The zero-order valence-electron chi connectivity index (χ0n) is 7.19. The smallest absolute Gasteiger partial charge is 0.417 e. The van der Waals surface area contributed by atoms with Crippen LogP contribution in [-0.4, -0.2) is 59.5 Å². The van der Waals surface area contributed by atoms with E-state index in [1.807, 2.05) is 0 Å². The van der Waals surface area contributed by atoms with Crippen LogP contribution in [-0.2, 0) is 4.79 Å². The van der Waals surface area contributed by atoms with E-state index in [9.17, 15) is 9.59 Å². The summed E-state index contributed by atoms with van der Waals surface area (Å²) in [6.07, 6.45) is 0. The largest absolute Gasteiger partial charge is 0.477 e. The fourth-order valence-corrected chi connectivity index (χ4v) is 1.54. The van der Waals surface area contributed by atoms with E-state index in [1.165, 1.54) is 0 Å². The van der Waals surface area contributed by atoms with Crippen molar-refractivity contribution in [2.75, 3.05) is 32.8 Å². The Morgan fingerprint density at radius 2 is 2.31 bits per heavy atom. The lowest BCUT2D eigenvalue weighted by Gasteiger charge is -2.26. The molecule has 0 aromatic carbocycles. The molecule has 13 heavy (non-hydrogen) atoms. The van der Waals surface area contributed by atoms with Crippen molar-refractivity contribution in [2.24, 2.45) is 0 Å². The monoisotopic (exact) mass is 189 g/mol. The number of nitrogens with zero attached hydrogens (tertiary/aromatic N) is 1. The second-order valence-electron chi connectivity index (χ2n) is 3.10. The minimum Gasteiger partial charge on any atom is -0.477 e. The van der Waals surface area contributed by atoms with Crippen molar-refractivity contribution < 1.29 is 24.3 Å². The summed E-state index contributed by atoms with van der Waals surface area (Å²) < 4.78 is -0.189. The molecule has 2 amide bonds. The Kier molecular flexibility index (Phi) is 2.84. The van der Waals surface area contributed by atoms with Gasteiger partial charge in [0.25, 0.3) is 0 Å². The van der Waals surface area contributed by atoms with Gasteiger partial charge in [-0.1, -0.05) is 0 Å². The molecule has 6 nitrogen and oxygen atoms in total. The summed E-state index contributed by atoms with van der Waals surface area (Å²) in [4.78, 5) is 21.8. The van der Waals surface area contributed by atoms with Gasteiger partial charge in [0, 0.05) is 0 Å². The van der Waals surface area contributed by atoms with Crippen LogP contribution in [0.25, 0.3) is 0 Å². The highest BCUT2D eigenvalue weighted by Gasteiger charge is 2.42. The fraction of sp³-hybridized carbons (Fsp3) is 0.714. The zero-order valence-corrected chi connectivity index (χ0v) is 7.19. The Hall–Kier alpha value is -1.14. The van der Waals surface area contributed by atoms with Gasteiger partial charge in [0.1, 0.15) is 13.1 Å². The summed E-state index contributed by atoms with van der Waals surface area (Å²) in [7, 11) is 0. The van der Waals surface area contributed by atoms with Gasteiger partial charge in [-0.15, -0.1) is 0 Å². The number of aliphatic carboxylic acids is 1. The molecule has 0 spiro atoms. The number of hydrogen-bond acceptors (Lipinski definition) is 3. The Labute approximate surface area is 75.4 Å². The number of rotatable bonds is 4. The molecule has 1 unspecified atom stereocenters. The van der Waals surface area contributed by atoms with Crippen LogP contribution in [0.5, 0.6) is 0 Å². The molecule has 0 aromatic heterocycles. The summed E-state index contributed by atoms with van der Waals surface area (Å²) in [6.45, 7) is 0.642. The molecule has 1 saturated heterocycles. The topological polar surface area (TPSA) is 86.6 Å². The molecule has 0 aromatic rings. The number of urea groups is 1. The molecule has 0 saturated carbocycles. The molecular formula is C7H13N2O4+. The summed E-state index contributed by atoms with van der Waals surface area (Å²) in [6, 6.07) is -0.309. The summed E-state index contributed by atoms with van der Waals surface area (Å²) in [5, 5.41) is 19.9. The first-order valence-corrected chi connectivity index (χ1v) is 4.08. The molecule has 1 rings (SSSR count). The van der Waals surface area contributed by atoms with Gasteiger partial charge in [-0.05, 0) is 0 Å². The molecule has 1 aliphatic heterocycles. The molecular weight excluding hydrogens is 176 g/mol. The standard InChI is InChI=1S/C7H12N2O4/c10-4-3-9(5-6(11)12)2-1-8-7(9)13/h10H,1-5H2,(H-,8,11,12,13)/p+1. The van der Waals surface area contributed by atoms with Gasteiger partial charge in [0.15, 0.2) is 6.54 Å². The second-order valence-corrected chi connectivity index (χ2v) is 3.10. The van der Waals surface area contributed by atoms with E-state index in [-0.39, 0.29) is 30.2 Å². The maximum atomic E-state index is 11.3. The summed E-state index contributed by atoms with van der Waals surface area (Å²) >= 11 is 0. The van der Waals surface area contributed by atoms with Crippen molar-refractivity contribution in [2.45, 2.75) is 0 Å². The number of carbonyl (C=O) groups excluding carboxylic acids is 1. The van der Waals surface area contributed by atoms with Crippen LogP contribution in [0.2, 0.25) is 0 Å². The van der Waals surface area contributed by atoms with Gasteiger partial charge < -0.3 is 10.2 Å². The highest BCUT2D eigenvalue weighted by Crippen LogP contribution is 2.11. The van der Waals surface area contributed by atoms with Crippen molar-refractivity contribution >= 4 is 12.0 Å². The normalized spacial score (nSPS) is 27.3. The average molecular weight is 189 g/mol. The third kappa shape index (κ3) is 1.96. The van der Waals surface area contributed by atoms with Crippen molar-refractivity contribution in [3.8, 4) is 0 Å². The van der Waals surface area contributed by atoms with Gasteiger partial charge in [0.2, 0.25) is 0 Å². The van der Waals surface area contributed by atoms with Crippen LogP contribution < -0.4 is 5.32 Å². The SMILES string of the molecule is O=C(O)C[N+]1(CCO)CCNC1=O. The maximum absolute atomic E-state index is 11.3. The number of carbonyl (C=O) groups is 2. The first-order valence-electron chi connectivity index (χ1n) is 4.08. The number of carboxylic acids is 1. The predicted molar refractivity (Wildman–Crippen MR) is 43.0 cm³/mol. The Bertz CT molecular complexity index is 231. The van der Waals surface area contributed by atoms with Crippen molar-refractivity contribution in [3.63, 3.8) is 0 Å². The quantitative estimate of drug-likeness (QED) is 0.475. The Morgan fingerprint density at radius 3 is 2.69 bits per heavy atom. The lowest BCUT2D eigenvalue weighted by Crippen LogP contribution is -2.54. The molecule has 74 valence electrons. The molecule has 0 aliphatic carbocycles. The number of quaternary nitrogens is 1. The summed E-state index contributed by atoms with van der Waals surface area (Å²) in [5.41, 5.74) is 0. The highest BCUT2D eigenvalue weighted by atomic mass is 16.4. The predicted octanol–water partition coefficient (Wildman–Crippen LogP) is -1.40. The van der Waals surface area contributed by atoms with Gasteiger partial charge in [-0.2, -0.15) is 0 Å². The number of aliphatic hydroxyl groups excluding tert-OH is 1. The minimum atomic E-state index is -1.02. The molecule has 0 radical (unpaired) electrons. The van der Waals surface area contributed by atoms with Crippen LogP contribution >= 0.6 is 0 Å². The molecule has 1 heterocycles. The zero-order chi connectivity index (χ0) is 9.90. The van der Waals surface area contributed by atoms with Crippen LogP contribution in [0.3, 0.4) is 0 Å². The third-order valence-electron chi connectivity index (χ3n) is 2.21. The van der Waals surface area contributed by atoms with E-state index in [2.05, 4.69) is 5.32 Å². The Morgan fingerprint density at radius 1 is 1.62 bits per heavy atom. The van der Waals surface area contributed by atoms with E-state index in [1.54, 1.807) is 0 Å². The second kappa shape index (κ2) is 3.71. The van der Waals surface area contributed by atoms with E-state index in [4.69, 9.17) is 10.2 Å². The first kappa shape index (κ1) is 9.94. The Balaban J connectivity index is 2.73. The van der Waals surface area contributed by atoms with E-state index in [0.717, 1.165) is 0 Å². The van der Waals surface area contributed by atoms with Gasteiger partial charge in [-0.25, -0.2) is 14.1 Å². The maximum Gasteiger partial charge on any atom is 0.417 e. The molecule has 6 heteroatoms. The van der Waals surface area contributed by atoms with E-state index in [0.29, 0.717) is 13.1 Å². The number of carboxylic acid groups (broad SMARTS) is 1. The molecule has 1 fully saturated rings. The van der Waals surface area contributed by atoms with Gasteiger partial charge in [-0.3, -0.25) is 5.32 Å². The molecule has 0 bridgehead atoms. The first-order chi connectivity index (χ1) is 6.10. The van der Waals surface area contributed by atoms with E-state index < -0.39 is 5.97 Å². The van der Waals surface area contributed by atoms with Crippen molar-refractivity contribution in [1.82, 2.24) is 5.32 Å². The van der Waals surface area contributed by atoms with Gasteiger partial charge in [0.05, 0.1) is 13.2 Å². The van der Waals surface area contributed by atoms with Crippen LogP contribution in [0.4, 0.5) is 4.79 Å². The third-order valence-corrected chi connectivity index (χ3v) is 2.21. The lowest BCUT2D eigenvalue weighted by molar-refractivity contribution is -0.833. The lowest BCUT2D eigenvalue weighted by atomic mass is 10.4. The number of aliphatic hydroxyl groups is 1. The van der Waals surface area contributed by atoms with Crippen molar-refractivity contribution in [1.29, 1.82) is 0 Å². The van der Waals surface area contributed by atoms with Crippen LogP contribution in [0.1, 0.15) is 0 Å².